The summed E-state index contributed by atoms with van der Waals surface area (Å²) in [4.78, 5) is 38.1. The maximum Gasteiger partial charge on any atom is 0.240 e. The first-order valence-electron chi connectivity index (χ1n) is 8.79. The molecule has 26 heavy (non-hydrogen) atoms. The summed E-state index contributed by atoms with van der Waals surface area (Å²) in [5.41, 5.74) is 0. The van der Waals surface area contributed by atoms with E-state index in [1.807, 2.05) is 30.4 Å². The Morgan fingerprint density at radius 1 is 1.08 bits per heavy atom. The molecule has 1 saturated heterocycles. The molecule has 0 saturated carbocycles. The Morgan fingerprint density at radius 3 is 2.42 bits per heavy atom. The number of rotatable bonds is 4. The average molecular weight is 356 g/mol. The lowest BCUT2D eigenvalue weighted by Crippen LogP contribution is -2.45. The van der Waals surface area contributed by atoms with Gasteiger partial charge < -0.3 is 14.8 Å². The standard InChI is InChI=1S/C19H20N2O5/c22-17(10-21-18(23)13-5-1-2-6-14(13)19(21)24)20-9-12-11-25-15-7-3-4-8-16(15)26-12/h1-4,7-8,12-14H,5-6,9-11H2,(H,20,22)/t12-,13-,14-/m1/s1. The van der Waals surface area contributed by atoms with Crippen LogP contribution < -0.4 is 14.8 Å². The molecule has 1 aromatic carbocycles. The van der Waals surface area contributed by atoms with Crippen molar-refractivity contribution in [3.8, 4) is 11.5 Å². The van der Waals surface area contributed by atoms with Crippen molar-refractivity contribution in [2.24, 2.45) is 11.8 Å². The highest BCUT2D eigenvalue weighted by molar-refractivity contribution is 6.07. The monoisotopic (exact) mass is 356 g/mol. The quantitative estimate of drug-likeness (QED) is 0.640. The minimum atomic E-state index is -0.374. The Kier molecular flexibility index (Phi) is 4.36. The largest absolute Gasteiger partial charge is 0.486 e. The first kappa shape index (κ1) is 16.6. The molecule has 4 rings (SSSR count). The van der Waals surface area contributed by atoms with Gasteiger partial charge in [-0.15, -0.1) is 0 Å². The van der Waals surface area contributed by atoms with E-state index < -0.39 is 0 Å². The Labute approximate surface area is 150 Å². The Morgan fingerprint density at radius 2 is 1.73 bits per heavy atom. The fourth-order valence-corrected chi connectivity index (χ4v) is 3.62. The number of hydrogen-bond acceptors (Lipinski definition) is 5. The van der Waals surface area contributed by atoms with E-state index in [0.29, 0.717) is 30.9 Å². The van der Waals surface area contributed by atoms with Crippen LogP contribution in [0.2, 0.25) is 0 Å². The number of carbonyl (C=O) groups is 3. The number of ether oxygens (including phenoxy) is 2. The van der Waals surface area contributed by atoms with Crippen LogP contribution in [0.3, 0.4) is 0 Å². The molecule has 2 aliphatic heterocycles. The smallest absolute Gasteiger partial charge is 0.240 e. The van der Waals surface area contributed by atoms with E-state index in [0.717, 1.165) is 4.90 Å². The molecule has 0 unspecified atom stereocenters. The van der Waals surface area contributed by atoms with Gasteiger partial charge in [0.25, 0.3) is 0 Å². The number of hydrogen-bond donors (Lipinski definition) is 1. The number of allylic oxidation sites excluding steroid dienone is 2. The normalized spacial score (nSPS) is 26.6. The number of nitrogens with one attached hydrogen (secondary N) is 1. The van der Waals surface area contributed by atoms with Crippen LogP contribution in [0.25, 0.3) is 0 Å². The third-order valence-electron chi connectivity index (χ3n) is 5.00. The van der Waals surface area contributed by atoms with E-state index in [-0.39, 0.29) is 48.8 Å². The van der Waals surface area contributed by atoms with Crippen molar-refractivity contribution in [3.05, 3.63) is 36.4 Å². The van der Waals surface area contributed by atoms with Crippen molar-refractivity contribution in [1.82, 2.24) is 10.2 Å². The van der Waals surface area contributed by atoms with E-state index in [2.05, 4.69) is 5.32 Å². The first-order valence-corrected chi connectivity index (χ1v) is 8.79. The van der Waals surface area contributed by atoms with Crippen molar-refractivity contribution in [2.45, 2.75) is 18.9 Å². The van der Waals surface area contributed by atoms with Crippen LogP contribution >= 0.6 is 0 Å². The van der Waals surface area contributed by atoms with Gasteiger partial charge in [0.1, 0.15) is 19.3 Å². The van der Waals surface area contributed by atoms with E-state index >= 15 is 0 Å². The minimum absolute atomic E-state index is 0.241. The lowest BCUT2D eigenvalue weighted by molar-refractivity contribution is -0.143. The maximum atomic E-state index is 12.4. The predicted octanol–water partition coefficient (Wildman–Crippen LogP) is 0.894. The Bertz CT molecular complexity index is 749. The second kappa shape index (κ2) is 6.82. The lowest BCUT2D eigenvalue weighted by Gasteiger charge is -2.26. The third-order valence-corrected chi connectivity index (χ3v) is 5.00. The molecule has 3 amide bonds. The van der Waals surface area contributed by atoms with E-state index in [1.54, 1.807) is 6.07 Å². The number of nitrogens with zero attached hydrogens (tertiary/aromatic N) is 1. The fourth-order valence-electron chi connectivity index (χ4n) is 3.62. The van der Waals surface area contributed by atoms with Gasteiger partial charge in [0.05, 0.1) is 18.4 Å². The summed E-state index contributed by atoms with van der Waals surface area (Å²) in [6, 6.07) is 7.34. The van der Waals surface area contributed by atoms with E-state index in [9.17, 15) is 14.4 Å². The summed E-state index contributed by atoms with van der Waals surface area (Å²) >= 11 is 0. The second-order valence-electron chi connectivity index (χ2n) is 6.72. The molecule has 136 valence electrons. The van der Waals surface area contributed by atoms with E-state index in [1.165, 1.54) is 0 Å². The molecule has 7 heteroatoms. The zero-order valence-corrected chi connectivity index (χ0v) is 14.2. The summed E-state index contributed by atoms with van der Waals surface area (Å²) in [5, 5.41) is 2.73. The number of likely N-dealkylation sites (tertiary alicyclic amines) is 1. The number of carbonyl (C=O) groups excluding carboxylic acids is 3. The highest BCUT2D eigenvalue weighted by Crippen LogP contribution is 2.35. The molecule has 0 radical (unpaired) electrons. The third kappa shape index (κ3) is 3.05. The van der Waals surface area contributed by atoms with Crippen molar-refractivity contribution in [1.29, 1.82) is 0 Å². The summed E-state index contributed by atoms with van der Waals surface area (Å²) in [7, 11) is 0. The highest BCUT2D eigenvalue weighted by atomic mass is 16.6. The van der Waals surface area contributed by atoms with Gasteiger partial charge in [-0.2, -0.15) is 0 Å². The Balaban J connectivity index is 1.30. The van der Waals surface area contributed by atoms with Crippen LogP contribution in [0.1, 0.15) is 12.8 Å². The van der Waals surface area contributed by atoms with Crippen LogP contribution in [0.4, 0.5) is 0 Å². The van der Waals surface area contributed by atoms with Crippen molar-refractivity contribution < 1.29 is 23.9 Å². The van der Waals surface area contributed by atoms with Gasteiger partial charge >= 0.3 is 0 Å². The number of fused-ring (bicyclic) bond motifs is 2. The van der Waals surface area contributed by atoms with E-state index in [4.69, 9.17) is 9.47 Å². The molecule has 3 aliphatic rings. The predicted molar refractivity (Wildman–Crippen MR) is 91.4 cm³/mol. The number of para-hydroxylation sites is 2. The minimum Gasteiger partial charge on any atom is -0.486 e. The van der Waals surface area contributed by atoms with Crippen LogP contribution in [0.5, 0.6) is 11.5 Å². The van der Waals surface area contributed by atoms with Crippen LogP contribution in [0.15, 0.2) is 36.4 Å². The molecule has 1 aliphatic carbocycles. The highest BCUT2D eigenvalue weighted by Gasteiger charge is 2.47. The average Bonchev–Trinajstić information content (AvgIpc) is 2.91. The molecule has 3 atom stereocenters. The van der Waals surface area contributed by atoms with Crippen molar-refractivity contribution in [3.63, 3.8) is 0 Å². The molecule has 7 nitrogen and oxygen atoms in total. The van der Waals surface area contributed by atoms with Gasteiger partial charge in [-0.3, -0.25) is 19.3 Å². The number of amides is 3. The summed E-state index contributed by atoms with van der Waals surface area (Å²) in [6.45, 7) is 0.335. The zero-order chi connectivity index (χ0) is 18.1. The number of imide groups is 1. The summed E-state index contributed by atoms with van der Waals surface area (Å²) < 4.78 is 11.4. The van der Waals surface area contributed by atoms with Crippen LogP contribution in [0, 0.1) is 11.8 Å². The summed E-state index contributed by atoms with van der Waals surface area (Å²) in [6.07, 6.45) is 4.67. The Hall–Kier alpha value is -2.83. The molecule has 1 aromatic rings. The molecular weight excluding hydrogens is 336 g/mol. The van der Waals surface area contributed by atoms with Gasteiger partial charge in [0.2, 0.25) is 17.7 Å². The van der Waals surface area contributed by atoms with Gasteiger partial charge in [-0.05, 0) is 25.0 Å². The second-order valence-corrected chi connectivity index (χ2v) is 6.72. The van der Waals surface area contributed by atoms with Crippen molar-refractivity contribution >= 4 is 17.7 Å². The molecule has 1 N–H and O–H groups in total. The van der Waals surface area contributed by atoms with Gasteiger partial charge in [-0.25, -0.2) is 0 Å². The maximum absolute atomic E-state index is 12.4. The van der Waals surface area contributed by atoms with Crippen molar-refractivity contribution in [2.75, 3.05) is 19.7 Å². The van der Waals surface area contributed by atoms with Gasteiger partial charge in [0.15, 0.2) is 11.5 Å². The van der Waals surface area contributed by atoms with Gasteiger partial charge in [-0.1, -0.05) is 24.3 Å². The lowest BCUT2D eigenvalue weighted by atomic mass is 9.85. The first-order chi connectivity index (χ1) is 12.6. The topological polar surface area (TPSA) is 84.9 Å². The molecule has 0 bridgehead atoms. The van der Waals surface area contributed by atoms with Crippen LogP contribution in [-0.2, 0) is 14.4 Å². The fraction of sp³-hybridized carbons (Fsp3) is 0.421. The molecular formula is C19H20N2O5. The molecule has 0 aromatic heterocycles. The number of benzene rings is 1. The SMILES string of the molecule is O=C(CN1C(=O)[C@@H]2CC=CC[C@H]2C1=O)NC[C@@H]1COc2ccccc2O1. The molecule has 1 fully saturated rings. The summed E-state index contributed by atoms with van der Waals surface area (Å²) in [5.74, 6) is -0.171. The van der Waals surface area contributed by atoms with Crippen LogP contribution in [-0.4, -0.2) is 48.4 Å². The zero-order valence-electron chi connectivity index (χ0n) is 14.2. The van der Waals surface area contributed by atoms with Gasteiger partial charge in [0, 0.05) is 0 Å². The molecule has 2 heterocycles. The molecule has 0 spiro atoms.